The molecule has 0 saturated heterocycles. The van der Waals surface area contributed by atoms with E-state index < -0.39 is 0 Å². The summed E-state index contributed by atoms with van der Waals surface area (Å²) in [6.45, 7) is 2.18. The lowest BCUT2D eigenvalue weighted by Gasteiger charge is -2.21. The molecular weight excluding hydrogens is 330 g/mol. The first kappa shape index (κ1) is 16.5. The molecule has 0 aliphatic carbocycles. The highest BCUT2D eigenvalue weighted by Gasteiger charge is 2.16. The molecule has 0 atom stereocenters. The molecule has 0 bridgehead atoms. The van der Waals surface area contributed by atoms with E-state index in [0.29, 0.717) is 26.3 Å². The molecular formula is C20H21N3O3. The van der Waals surface area contributed by atoms with Gasteiger partial charge < -0.3 is 19.9 Å². The summed E-state index contributed by atoms with van der Waals surface area (Å²) in [4.78, 5) is 0. The van der Waals surface area contributed by atoms with Crippen molar-refractivity contribution in [3.63, 3.8) is 0 Å². The molecule has 134 valence electrons. The first-order valence-electron chi connectivity index (χ1n) is 8.70. The number of nitrogens with zero attached hydrogens (tertiary/aromatic N) is 2. The summed E-state index contributed by atoms with van der Waals surface area (Å²) in [5, 5.41) is 17.4. The summed E-state index contributed by atoms with van der Waals surface area (Å²) < 4.78 is 13.2. The number of nitrogens with one attached hydrogen (secondary N) is 1. The fourth-order valence-electron chi connectivity index (χ4n) is 3.03. The van der Waals surface area contributed by atoms with Crippen LogP contribution in [0.2, 0.25) is 0 Å². The standard InChI is InChI=1S/C20H21N3O3/c24-10-9-23-19(13-17(22-23)15-5-2-1-3-6-15)21-14-16-7-4-8-18-20(16)26-12-11-25-18/h1-8,13,21,24H,9-12,14H2. The van der Waals surface area contributed by atoms with Crippen LogP contribution >= 0.6 is 0 Å². The highest BCUT2D eigenvalue weighted by molar-refractivity contribution is 5.63. The third kappa shape index (κ3) is 3.36. The third-order valence-corrected chi connectivity index (χ3v) is 4.27. The molecule has 2 heterocycles. The predicted molar refractivity (Wildman–Crippen MR) is 99.5 cm³/mol. The fraction of sp³-hybridized carbons (Fsp3) is 0.250. The Kier molecular flexibility index (Phi) is 4.75. The SMILES string of the molecule is OCCn1nc(-c2ccccc2)cc1NCc1cccc2c1OCCO2. The molecule has 26 heavy (non-hydrogen) atoms. The average Bonchev–Trinajstić information content (AvgIpc) is 3.10. The maximum atomic E-state index is 9.34. The van der Waals surface area contributed by atoms with Crippen molar-refractivity contribution in [2.45, 2.75) is 13.1 Å². The summed E-state index contributed by atoms with van der Waals surface area (Å²) in [7, 11) is 0. The van der Waals surface area contributed by atoms with E-state index in [1.54, 1.807) is 4.68 Å². The van der Waals surface area contributed by atoms with E-state index in [1.807, 2.05) is 54.6 Å². The Morgan fingerprint density at radius 3 is 2.73 bits per heavy atom. The van der Waals surface area contributed by atoms with E-state index in [9.17, 15) is 5.11 Å². The van der Waals surface area contributed by atoms with Crippen molar-refractivity contribution in [1.29, 1.82) is 0 Å². The summed E-state index contributed by atoms with van der Waals surface area (Å²) in [5.41, 5.74) is 2.94. The van der Waals surface area contributed by atoms with Crippen molar-refractivity contribution < 1.29 is 14.6 Å². The molecule has 1 aliphatic heterocycles. The maximum Gasteiger partial charge on any atom is 0.166 e. The second kappa shape index (κ2) is 7.49. The van der Waals surface area contributed by atoms with Gasteiger partial charge in [0.1, 0.15) is 19.0 Å². The molecule has 1 aromatic heterocycles. The molecule has 6 nitrogen and oxygen atoms in total. The van der Waals surface area contributed by atoms with Crippen molar-refractivity contribution in [3.05, 3.63) is 60.2 Å². The zero-order valence-electron chi connectivity index (χ0n) is 14.4. The monoisotopic (exact) mass is 351 g/mol. The van der Waals surface area contributed by atoms with Crippen LogP contribution < -0.4 is 14.8 Å². The van der Waals surface area contributed by atoms with Crippen LogP contribution in [0.5, 0.6) is 11.5 Å². The van der Waals surface area contributed by atoms with E-state index in [1.165, 1.54) is 0 Å². The van der Waals surface area contributed by atoms with Crippen LogP contribution in [0, 0.1) is 0 Å². The minimum atomic E-state index is 0.0300. The van der Waals surface area contributed by atoms with E-state index in [-0.39, 0.29) is 6.61 Å². The van der Waals surface area contributed by atoms with Crippen LogP contribution in [0.3, 0.4) is 0 Å². The number of rotatable bonds is 6. The fourth-order valence-corrected chi connectivity index (χ4v) is 3.03. The average molecular weight is 351 g/mol. The molecule has 0 spiro atoms. The molecule has 4 rings (SSSR count). The van der Waals surface area contributed by atoms with Crippen molar-refractivity contribution >= 4 is 5.82 Å². The molecule has 1 aliphatic rings. The number of benzene rings is 2. The number of aliphatic hydroxyl groups is 1. The van der Waals surface area contributed by atoms with Crippen molar-refractivity contribution in [3.8, 4) is 22.8 Å². The van der Waals surface area contributed by atoms with Crippen molar-refractivity contribution in [1.82, 2.24) is 9.78 Å². The third-order valence-electron chi connectivity index (χ3n) is 4.27. The predicted octanol–water partition coefficient (Wildman–Crippen LogP) is 2.93. The van der Waals surface area contributed by atoms with Gasteiger partial charge in [-0.2, -0.15) is 5.10 Å². The molecule has 3 aromatic rings. The van der Waals surface area contributed by atoms with Gasteiger partial charge in [-0.1, -0.05) is 42.5 Å². The summed E-state index contributed by atoms with van der Waals surface area (Å²) >= 11 is 0. The molecule has 0 amide bonds. The van der Waals surface area contributed by atoms with Crippen molar-refractivity contribution in [2.24, 2.45) is 0 Å². The Hall–Kier alpha value is -2.99. The zero-order chi connectivity index (χ0) is 17.8. The molecule has 0 fully saturated rings. The van der Waals surface area contributed by atoms with Crippen LogP contribution in [-0.2, 0) is 13.1 Å². The molecule has 0 radical (unpaired) electrons. The van der Waals surface area contributed by atoms with Gasteiger partial charge in [0, 0.05) is 23.7 Å². The number of aliphatic hydroxyl groups excluding tert-OH is 1. The maximum absolute atomic E-state index is 9.34. The van der Waals surface area contributed by atoms with E-state index in [4.69, 9.17) is 9.47 Å². The smallest absolute Gasteiger partial charge is 0.166 e. The Morgan fingerprint density at radius 1 is 1.04 bits per heavy atom. The Morgan fingerprint density at radius 2 is 1.88 bits per heavy atom. The van der Waals surface area contributed by atoms with Crippen molar-refractivity contribution in [2.75, 3.05) is 25.1 Å². The van der Waals surface area contributed by atoms with Gasteiger partial charge in [0.25, 0.3) is 0 Å². The van der Waals surface area contributed by atoms with Gasteiger partial charge in [-0.15, -0.1) is 0 Å². The number of hydrogen-bond donors (Lipinski definition) is 2. The first-order chi connectivity index (χ1) is 12.8. The molecule has 0 unspecified atom stereocenters. The normalized spacial score (nSPS) is 12.8. The van der Waals surface area contributed by atoms with Crippen LogP contribution in [0.1, 0.15) is 5.56 Å². The number of aromatic nitrogens is 2. The summed E-state index contributed by atoms with van der Waals surface area (Å²) in [6, 6.07) is 17.9. The number of hydrogen-bond acceptors (Lipinski definition) is 5. The lowest BCUT2D eigenvalue weighted by atomic mass is 10.1. The van der Waals surface area contributed by atoms with E-state index in [0.717, 1.165) is 34.1 Å². The van der Waals surface area contributed by atoms with Gasteiger partial charge in [0.15, 0.2) is 11.5 Å². The molecule has 0 saturated carbocycles. The highest BCUT2D eigenvalue weighted by atomic mass is 16.6. The number of fused-ring (bicyclic) bond motifs is 1. The Bertz CT molecular complexity index is 877. The number of para-hydroxylation sites is 1. The van der Waals surface area contributed by atoms with Gasteiger partial charge in [-0.05, 0) is 6.07 Å². The summed E-state index contributed by atoms with van der Waals surface area (Å²) in [6.07, 6.45) is 0. The van der Waals surface area contributed by atoms with E-state index >= 15 is 0 Å². The van der Waals surface area contributed by atoms with Crippen LogP contribution in [-0.4, -0.2) is 34.7 Å². The van der Waals surface area contributed by atoms with Gasteiger partial charge >= 0.3 is 0 Å². The minimum Gasteiger partial charge on any atom is -0.486 e. The molecule has 2 aromatic carbocycles. The van der Waals surface area contributed by atoms with E-state index in [2.05, 4.69) is 10.4 Å². The highest BCUT2D eigenvalue weighted by Crippen LogP contribution is 2.34. The molecule has 2 N–H and O–H groups in total. The van der Waals surface area contributed by atoms with Crippen LogP contribution in [0.15, 0.2) is 54.6 Å². The molecule has 6 heteroatoms. The second-order valence-corrected chi connectivity index (χ2v) is 6.02. The first-order valence-corrected chi connectivity index (χ1v) is 8.70. The van der Waals surface area contributed by atoms with Gasteiger partial charge in [-0.3, -0.25) is 0 Å². The van der Waals surface area contributed by atoms with Crippen LogP contribution in [0.4, 0.5) is 5.82 Å². The van der Waals surface area contributed by atoms with Gasteiger partial charge in [0.2, 0.25) is 0 Å². The quantitative estimate of drug-likeness (QED) is 0.715. The zero-order valence-corrected chi connectivity index (χ0v) is 14.4. The van der Waals surface area contributed by atoms with Gasteiger partial charge in [-0.25, -0.2) is 4.68 Å². The lowest BCUT2D eigenvalue weighted by molar-refractivity contribution is 0.170. The largest absolute Gasteiger partial charge is 0.486 e. The van der Waals surface area contributed by atoms with Gasteiger partial charge in [0.05, 0.1) is 18.8 Å². The Balaban J connectivity index is 1.57. The van der Waals surface area contributed by atoms with Crippen LogP contribution in [0.25, 0.3) is 11.3 Å². The minimum absolute atomic E-state index is 0.0300. The Labute approximate surface area is 152 Å². The topological polar surface area (TPSA) is 68.5 Å². The summed E-state index contributed by atoms with van der Waals surface area (Å²) in [5.74, 6) is 2.43. The second-order valence-electron chi connectivity index (χ2n) is 6.02. The number of anilines is 1. The number of ether oxygens (including phenoxy) is 2. The lowest BCUT2D eigenvalue weighted by Crippen LogP contribution is -2.17.